The van der Waals surface area contributed by atoms with Gasteiger partial charge < -0.3 is 11.1 Å². The Bertz CT molecular complexity index is 351. The summed E-state index contributed by atoms with van der Waals surface area (Å²) in [5, 5.41) is 5.66. The van der Waals surface area contributed by atoms with Gasteiger partial charge in [-0.3, -0.25) is 0 Å². The molecule has 15 heavy (non-hydrogen) atoms. The molecule has 0 unspecified atom stereocenters. The molecule has 1 fully saturated rings. The van der Waals surface area contributed by atoms with Crippen molar-refractivity contribution >= 4 is 17.0 Å². The predicted molar refractivity (Wildman–Crippen MR) is 66.9 cm³/mol. The van der Waals surface area contributed by atoms with Gasteiger partial charge in [0.25, 0.3) is 0 Å². The van der Waals surface area contributed by atoms with Gasteiger partial charge in [0.15, 0.2) is 0 Å². The summed E-state index contributed by atoms with van der Waals surface area (Å²) in [5.41, 5.74) is 7.58. The minimum atomic E-state index is 0.402. The van der Waals surface area contributed by atoms with Gasteiger partial charge in [0.2, 0.25) is 0 Å². The Morgan fingerprint density at radius 2 is 1.93 bits per heavy atom. The highest BCUT2D eigenvalue weighted by Crippen LogP contribution is 2.62. The second-order valence-corrected chi connectivity index (χ2v) is 6.56. The first-order valence-electron chi connectivity index (χ1n) is 5.42. The highest BCUT2D eigenvalue weighted by Gasteiger charge is 2.64. The summed E-state index contributed by atoms with van der Waals surface area (Å²) in [6.07, 6.45) is 0. The number of thiophene rings is 1. The SMILES string of the molecule is CC1(C)C(NCc2sccc2N)C1(C)C. The molecule has 3 N–H and O–H groups in total. The molecule has 2 nitrogen and oxygen atoms in total. The lowest BCUT2D eigenvalue weighted by Crippen LogP contribution is -2.21. The van der Waals surface area contributed by atoms with Crippen LogP contribution < -0.4 is 11.1 Å². The van der Waals surface area contributed by atoms with Crippen molar-refractivity contribution in [3.63, 3.8) is 0 Å². The Morgan fingerprint density at radius 3 is 2.33 bits per heavy atom. The lowest BCUT2D eigenvalue weighted by molar-refractivity contribution is 0.457. The van der Waals surface area contributed by atoms with Gasteiger partial charge in [0.1, 0.15) is 0 Å². The highest BCUT2D eigenvalue weighted by molar-refractivity contribution is 7.10. The van der Waals surface area contributed by atoms with Crippen LogP contribution in [0, 0.1) is 10.8 Å². The highest BCUT2D eigenvalue weighted by atomic mass is 32.1. The summed E-state index contributed by atoms with van der Waals surface area (Å²) in [4.78, 5) is 1.26. The van der Waals surface area contributed by atoms with Gasteiger partial charge in [-0.15, -0.1) is 11.3 Å². The topological polar surface area (TPSA) is 38.0 Å². The average Bonchev–Trinajstić information content (AvgIpc) is 2.49. The average molecular weight is 224 g/mol. The fourth-order valence-electron chi connectivity index (χ4n) is 2.40. The van der Waals surface area contributed by atoms with Gasteiger partial charge in [-0.1, -0.05) is 27.7 Å². The number of hydrogen-bond donors (Lipinski definition) is 2. The molecule has 1 aliphatic rings. The van der Waals surface area contributed by atoms with Gasteiger partial charge in [0, 0.05) is 23.2 Å². The Balaban J connectivity index is 1.94. The maximum absolute atomic E-state index is 5.85. The molecule has 0 saturated heterocycles. The molecule has 1 aromatic heterocycles. The molecule has 2 rings (SSSR count). The summed E-state index contributed by atoms with van der Waals surface area (Å²) in [6.45, 7) is 10.2. The van der Waals surface area contributed by atoms with Crippen LogP contribution in [0.5, 0.6) is 0 Å². The second-order valence-electron chi connectivity index (χ2n) is 5.56. The molecule has 1 aromatic rings. The van der Waals surface area contributed by atoms with Crippen LogP contribution in [-0.2, 0) is 6.54 Å². The summed E-state index contributed by atoms with van der Waals surface area (Å²) in [7, 11) is 0. The molecule has 0 atom stereocenters. The van der Waals surface area contributed by atoms with E-state index < -0.39 is 0 Å². The van der Waals surface area contributed by atoms with Crippen molar-refractivity contribution in [2.45, 2.75) is 40.3 Å². The standard InChI is InChI=1S/C12H20N2S/c1-11(2)10(12(11,3)4)14-7-9-8(13)5-6-15-9/h5-6,10,14H,7,13H2,1-4H3. The third kappa shape index (κ3) is 1.58. The van der Waals surface area contributed by atoms with Crippen LogP contribution in [0.3, 0.4) is 0 Å². The van der Waals surface area contributed by atoms with E-state index in [4.69, 9.17) is 5.73 Å². The Hall–Kier alpha value is -0.540. The minimum absolute atomic E-state index is 0.402. The lowest BCUT2D eigenvalue weighted by atomic mass is 10.0. The van der Waals surface area contributed by atoms with Crippen LogP contribution in [0.25, 0.3) is 0 Å². The van der Waals surface area contributed by atoms with Crippen LogP contribution in [0.2, 0.25) is 0 Å². The zero-order chi connectivity index (χ0) is 11.3. The lowest BCUT2D eigenvalue weighted by Gasteiger charge is -2.05. The van der Waals surface area contributed by atoms with Crippen molar-refractivity contribution in [3.05, 3.63) is 16.3 Å². The molecule has 3 heteroatoms. The molecule has 0 amide bonds. The molecule has 0 aliphatic heterocycles. The van der Waals surface area contributed by atoms with E-state index >= 15 is 0 Å². The first-order chi connectivity index (χ1) is 6.87. The van der Waals surface area contributed by atoms with Gasteiger partial charge in [-0.2, -0.15) is 0 Å². The van der Waals surface area contributed by atoms with Crippen LogP contribution in [-0.4, -0.2) is 6.04 Å². The molecule has 1 saturated carbocycles. The molecule has 0 aromatic carbocycles. The minimum Gasteiger partial charge on any atom is -0.398 e. The van der Waals surface area contributed by atoms with E-state index in [0.29, 0.717) is 16.9 Å². The Morgan fingerprint density at radius 1 is 1.33 bits per heavy atom. The zero-order valence-corrected chi connectivity index (χ0v) is 10.7. The van der Waals surface area contributed by atoms with Gasteiger partial charge >= 0.3 is 0 Å². The zero-order valence-electron chi connectivity index (χ0n) is 9.92. The smallest absolute Gasteiger partial charge is 0.0468 e. The number of anilines is 1. The fraction of sp³-hybridized carbons (Fsp3) is 0.667. The molecule has 0 bridgehead atoms. The maximum atomic E-state index is 5.85. The molecule has 84 valence electrons. The summed E-state index contributed by atoms with van der Waals surface area (Å²) >= 11 is 1.73. The van der Waals surface area contributed by atoms with Gasteiger partial charge in [-0.05, 0) is 22.3 Å². The molecule has 0 radical (unpaired) electrons. The van der Waals surface area contributed by atoms with E-state index in [0.717, 1.165) is 12.2 Å². The van der Waals surface area contributed by atoms with Crippen molar-refractivity contribution in [2.24, 2.45) is 10.8 Å². The number of nitrogens with two attached hydrogens (primary N) is 1. The summed E-state index contributed by atoms with van der Waals surface area (Å²) < 4.78 is 0. The maximum Gasteiger partial charge on any atom is 0.0468 e. The third-order valence-electron chi connectivity index (χ3n) is 4.27. The normalized spacial score (nSPS) is 22.9. The van der Waals surface area contributed by atoms with E-state index in [2.05, 4.69) is 38.4 Å². The Kier molecular flexibility index (Phi) is 2.36. The predicted octanol–water partition coefficient (Wildman–Crippen LogP) is 2.85. The molecule has 1 heterocycles. The van der Waals surface area contributed by atoms with Crippen molar-refractivity contribution in [2.75, 3.05) is 5.73 Å². The molecular formula is C12H20N2S. The van der Waals surface area contributed by atoms with Crippen molar-refractivity contribution < 1.29 is 0 Å². The van der Waals surface area contributed by atoms with Crippen molar-refractivity contribution in [1.82, 2.24) is 5.32 Å². The fourth-order valence-corrected chi connectivity index (χ4v) is 3.15. The summed E-state index contributed by atoms with van der Waals surface area (Å²) in [6, 6.07) is 2.58. The number of nitrogens with one attached hydrogen (secondary N) is 1. The molecule has 0 spiro atoms. The molecular weight excluding hydrogens is 204 g/mol. The number of rotatable bonds is 3. The summed E-state index contributed by atoms with van der Waals surface area (Å²) in [5.74, 6) is 0. The van der Waals surface area contributed by atoms with Crippen LogP contribution in [0.4, 0.5) is 5.69 Å². The van der Waals surface area contributed by atoms with Crippen LogP contribution in [0.15, 0.2) is 11.4 Å². The van der Waals surface area contributed by atoms with E-state index in [1.807, 2.05) is 6.07 Å². The monoisotopic (exact) mass is 224 g/mol. The van der Waals surface area contributed by atoms with Crippen LogP contribution >= 0.6 is 11.3 Å². The first-order valence-corrected chi connectivity index (χ1v) is 6.30. The number of hydrogen-bond acceptors (Lipinski definition) is 3. The second kappa shape index (κ2) is 3.22. The van der Waals surface area contributed by atoms with Crippen molar-refractivity contribution in [3.8, 4) is 0 Å². The molecule has 1 aliphatic carbocycles. The third-order valence-corrected chi connectivity index (χ3v) is 5.20. The Labute approximate surface area is 95.9 Å². The van der Waals surface area contributed by atoms with E-state index in [-0.39, 0.29) is 0 Å². The largest absolute Gasteiger partial charge is 0.398 e. The van der Waals surface area contributed by atoms with E-state index in [9.17, 15) is 0 Å². The quantitative estimate of drug-likeness (QED) is 0.828. The van der Waals surface area contributed by atoms with Crippen molar-refractivity contribution in [1.29, 1.82) is 0 Å². The van der Waals surface area contributed by atoms with E-state index in [1.165, 1.54) is 4.88 Å². The number of nitrogen functional groups attached to an aromatic ring is 1. The first kappa shape index (κ1) is 11.0. The van der Waals surface area contributed by atoms with Gasteiger partial charge in [0.05, 0.1) is 0 Å². The van der Waals surface area contributed by atoms with E-state index in [1.54, 1.807) is 11.3 Å². The van der Waals surface area contributed by atoms with Gasteiger partial charge in [-0.25, -0.2) is 0 Å². The van der Waals surface area contributed by atoms with Crippen LogP contribution in [0.1, 0.15) is 32.6 Å².